The van der Waals surface area contributed by atoms with Crippen LogP contribution in [0, 0.1) is 5.92 Å². The number of carbonyl (C=O) groups is 2. The molecule has 1 atom stereocenters. The van der Waals surface area contributed by atoms with Gasteiger partial charge in [0.05, 0.1) is 12.5 Å². The fraction of sp³-hybridized carbons (Fsp3) is 0.364. The predicted octanol–water partition coefficient (Wildman–Crippen LogP) is 3.81. The van der Waals surface area contributed by atoms with Crippen LogP contribution < -0.4 is 5.32 Å². The van der Waals surface area contributed by atoms with E-state index >= 15 is 0 Å². The standard InChI is InChI=1S/C22H26N2O2/c1-17-12-14-24(15-13-17)21(25)16-20(18-8-4-2-5-9-18)23-22(26)19-10-6-3-7-11-19/h2-11,17,20H,12-16H2,1H3,(H,23,26)/t20-/m0/s1. The fourth-order valence-electron chi connectivity index (χ4n) is 3.33. The number of hydrogen-bond acceptors (Lipinski definition) is 2. The highest BCUT2D eigenvalue weighted by atomic mass is 16.2. The third-order valence-electron chi connectivity index (χ3n) is 5.06. The molecule has 0 saturated carbocycles. The highest BCUT2D eigenvalue weighted by Gasteiger charge is 2.25. The van der Waals surface area contributed by atoms with E-state index in [-0.39, 0.29) is 24.3 Å². The molecule has 1 heterocycles. The van der Waals surface area contributed by atoms with Crippen molar-refractivity contribution in [3.8, 4) is 0 Å². The number of piperidine rings is 1. The van der Waals surface area contributed by atoms with Gasteiger partial charge < -0.3 is 10.2 Å². The topological polar surface area (TPSA) is 49.4 Å². The third-order valence-corrected chi connectivity index (χ3v) is 5.06. The summed E-state index contributed by atoms with van der Waals surface area (Å²) < 4.78 is 0. The van der Waals surface area contributed by atoms with Gasteiger partial charge in [-0.2, -0.15) is 0 Å². The largest absolute Gasteiger partial charge is 0.345 e. The molecule has 0 aliphatic carbocycles. The van der Waals surface area contributed by atoms with E-state index in [0.29, 0.717) is 11.5 Å². The van der Waals surface area contributed by atoms with Crippen molar-refractivity contribution in [3.05, 3.63) is 71.8 Å². The minimum atomic E-state index is -0.323. The van der Waals surface area contributed by atoms with Gasteiger partial charge in [0.15, 0.2) is 0 Å². The second-order valence-corrected chi connectivity index (χ2v) is 7.07. The maximum absolute atomic E-state index is 12.8. The zero-order valence-electron chi connectivity index (χ0n) is 15.2. The zero-order valence-corrected chi connectivity index (χ0v) is 15.2. The monoisotopic (exact) mass is 350 g/mol. The van der Waals surface area contributed by atoms with E-state index in [2.05, 4.69) is 12.2 Å². The van der Waals surface area contributed by atoms with Crippen LogP contribution in [0.4, 0.5) is 0 Å². The van der Waals surface area contributed by atoms with Gasteiger partial charge in [-0.15, -0.1) is 0 Å². The highest BCUT2D eigenvalue weighted by Crippen LogP contribution is 2.22. The number of nitrogens with zero attached hydrogens (tertiary/aromatic N) is 1. The Hall–Kier alpha value is -2.62. The van der Waals surface area contributed by atoms with Crippen molar-refractivity contribution in [1.82, 2.24) is 10.2 Å². The van der Waals surface area contributed by atoms with Gasteiger partial charge in [-0.1, -0.05) is 55.5 Å². The number of rotatable bonds is 5. The van der Waals surface area contributed by atoms with E-state index in [4.69, 9.17) is 0 Å². The van der Waals surface area contributed by atoms with Crippen LogP contribution in [0.2, 0.25) is 0 Å². The van der Waals surface area contributed by atoms with E-state index in [0.717, 1.165) is 31.5 Å². The van der Waals surface area contributed by atoms with Crippen LogP contribution >= 0.6 is 0 Å². The molecule has 3 rings (SSSR count). The van der Waals surface area contributed by atoms with Gasteiger partial charge in [-0.3, -0.25) is 9.59 Å². The van der Waals surface area contributed by atoms with E-state index in [1.54, 1.807) is 12.1 Å². The second kappa shape index (κ2) is 8.65. The van der Waals surface area contributed by atoms with Crippen LogP contribution in [0.5, 0.6) is 0 Å². The average molecular weight is 350 g/mol. The molecule has 0 radical (unpaired) electrons. The number of carbonyl (C=O) groups excluding carboxylic acids is 2. The molecule has 0 spiro atoms. The first-order chi connectivity index (χ1) is 12.6. The zero-order chi connectivity index (χ0) is 18.4. The lowest BCUT2D eigenvalue weighted by Crippen LogP contribution is -2.40. The summed E-state index contributed by atoms with van der Waals surface area (Å²) in [5.74, 6) is 0.639. The van der Waals surface area contributed by atoms with Gasteiger partial charge in [0.1, 0.15) is 0 Å². The lowest BCUT2D eigenvalue weighted by atomic mass is 9.97. The van der Waals surface area contributed by atoms with Crippen molar-refractivity contribution in [1.29, 1.82) is 0 Å². The number of likely N-dealkylation sites (tertiary alicyclic amines) is 1. The van der Waals surface area contributed by atoms with Crippen molar-refractivity contribution in [3.63, 3.8) is 0 Å². The van der Waals surface area contributed by atoms with Crippen molar-refractivity contribution >= 4 is 11.8 Å². The normalized spacial score (nSPS) is 16.1. The van der Waals surface area contributed by atoms with Crippen LogP contribution in [0.15, 0.2) is 60.7 Å². The van der Waals surface area contributed by atoms with Crippen molar-refractivity contribution < 1.29 is 9.59 Å². The van der Waals surface area contributed by atoms with E-state index in [9.17, 15) is 9.59 Å². The lowest BCUT2D eigenvalue weighted by Gasteiger charge is -2.31. The van der Waals surface area contributed by atoms with Gasteiger partial charge in [0.2, 0.25) is 5.91 Å². The van der Waals surface area contributed by atoms with E-state index < -0.39 is 0 Å². The summed E-state index contributed by atoms with van der Waals surface area (Å²) in [6.45, 7) is 3.86. The van der Waals surface area contributed by atoms with Crippen LogP contribution in [0.25, 0.3) is 0 Å². The average Bonchev–Trinajstić information content (AvgIpc) is 2.69. The Balaban J connectivity index is 1.72. The summed E-state index contributed by atoms with van der Waals surface area (Å²) in [6.07, 6.45) is 2.40. The first-order valence-corrected chi connectivity index (χ1v) is 9.32. The molecule has 2 aromatic rings. The van der Waals surface area contributed by atoms with E-state index in [1.165, 1.54) is 0 Å². The summed E-state index contributed by atoms with van der Waals surface area (Å²) in [5, 5.41) is 3.04. The number of benzene rings is 2. The molecule has 4 heteroatoms. The number of nitrogens with one attached hydrogen (secondary N) is 1. The molecule has 2 aromatic carbocycles. The SMILES string of the molecule is CC1CCN(C(=O)C[C@H](NC(=O)c2ccccc2)c2ccccc2)CC1. The van der Waals surface area contributed by atoms with Gasteiger partial charge in [0.25, 0.3) is 5.91 Å². The molecular weight excluding hydrogens is 324 g/mol. The first-order valence-electron chi connectivity index (χ1n) is 9.32. The van der Waals surface area contributed by atoms with Crippen LogP contribution in [0.1, 0.15) is 48.1 Å². The molecule has 26 heavy (non-hydrogen) atoms. The van der Waals surface area contributed by atoms with Crippen molar-refractivity contribution in [2.75, 3.05) is 13.1 Å². The maximum atomic E-state index is 12.8. The minimum Gasteiger partial charge on any atom is -0.345 e. The van der Waals surface area contributed by atoms with Gasteiger partial charge in [-0.25, -0.2) is 0 Å². The molecule has 0 unspecified atom stereocenters. The lowest BCUT2D eigenvalue weighted by molar-refractivity contribution is -0.133. The molecule has 4 nitrogen and oxygen atoms in total. The molecule has 136 valence electrons. The highest BCUT2D eigenvalue weighted by molar-refractivity contribution is 5.94. The van der Waals surface area contributed by atoms with Crippen LogP contribution in [-0.2, 0) is 4.79 Å². The summed E-state index contributed by atoms with van der Waals surface area (Å²) in [5.41, 5.74) is 1.56. The molecule has 1 fully saturated rings. The molecule has 0 bridgehead atoms. The smallest absolute Gasteiger partial charge is 0.251 e. The van der Waals surface area contributed by atoms with Crippen molar-refractivity contribution in [2.45, 2.75) is 32.2 Å². The predicted molar refractivity (Wildman–Crippen MR) is 103 cm³/mol. The summed E-state index contributed by atoms with van der Waals surface area (Å²) in [6, 6.07) is 18.5. The summed E-state index contributed by atoms with van der Waals surface area (Å²) in [7, 11) is 0. The Labute approximate surface area is 155 Å². The molecule has 2 amide bonds. The van der Waals surface area contributed by atoms with Gasteiger partial charge in [-0.05, 0) is 36.5 Å². The minimum absolute atomic E-state index is 0.110. The fourth-order valence-corrected chi connectivity index (χ4v) is 3.33. The second-order valence-electron chi connectivity index (χ2n) is 7.07. The van der Waals surface area contributed by atoms with Crippen LogP contribution in [0.3, 0.4) is 0 Å². The quantitative estimate of drug-likeness (QED) is 0.891. The number of hydrogen-bond donors (Lipinski definition) is 1. The van der Waals surface area contributed by atoms with Crippen molar-refractivity contribution in [2.24, 2.45) is 5.92 Å². The molecular formula is C22H26N2O2. The van der Waals surface area contributed by atoms with Gasteiger partial charge in [0, 0.05) is 18.7 Å². The Morgan fingerprint density at radius 3 is 2.19 bits per heavy atom. The maximum Gasteiger partial charge on any atom is 0.251 e. The Bertz CT molecular complexity index is 722. The third kappa shape index (κ3) is 4.72. The Kier molecular flexibility index (Phi) is 6.05. The number of amides is 2. The Morgan fingerprint density at radius 1 is 1.00 bits per heavy atom. The molecule has 1 aliphatic rings. The summed E-state index contributed by atoms with van der Waals surface area (Å²) >= 11 is 0. The van der Waals surface area contributed by atoms with Gasteiger partial charge >= 0.3 is 0 Å². The molecule has 1 saturated heterocycles. The molecule has 1 aliphatic heterocycles. The van der Waals surface area contributed by atoms with E-state index in [1.807, 2.05) is 53.4 Å². The first kappa shape index (κ1) is 18.2. The molecule has 1 N–H and O–H groups in total. The Morgan fingerprint density at radius 2 is 1.58 bits per heavy atom. The molecule has 0 aromatic heterocycles. The van der Waals surface area contributed by atoms with Crippen LogP contribution in [-0.4, -0.2) is 29.8 Å². The summed E-state index contributed by atoms with van der Waals surface area (Å²) in [4.78, 5) is 27.3.